The molecule has 3 aromatic rings. The van der Waals surface area contributed by atoms with Gasteiger partial charge >= 0.3 is 0 Å². The molecule has 2 aliphatic rings. The van der Waals surface area contributed by atoms with Gasteiger partial charge in [-0.05, 0) is 52.2 Å². The first-order valence-corrected chi connectivity index (χ1v) is 11.5. The van der Waals surface area contributed by atoms with Crippen molar-refractivity contribution in [3.63, 3.8) is 0 Å². The number of anilines is 2. The van der Waals surface area contributed by atoms with Gasteiger partial charge in [-0.2, -0.15) is 5.10 Å². The second-order valence-corrected chi connectivity index (χ2v) is 10.2. The van der Waals surface area contributed by atoms with Crippen LogP contribution in [-0.4, -0.2) is 46.2 Å². The lowest BCUT2D eigenvalue weighted by Crippen LogP contribution is -2.40. The van der Waals surface area contributed by atoms with E-state index in [4.69, 9.17) is 14.5 Å². The molecule has 0 spiro atoms. The molecular formula is C22H29N5O2S. The van der Waals surface area contributed by atoms with Gasteiger partial charge < -0.3 is 20.1 Å². The summed E-state index contributed by atoms with van der Waals surface area (Å²) < 4.78 is 14.5. The van der Waals surface area contributed by atoms with Crippen LogP contribution >= 0.6 is 11.3 Å². The zero-order chi connectivity index (χ0) is 20.7. The molecule has 160 valence electrons. The van der Waals surface area contributed by atoms with Crippen LogP contribution in [0.2, 0.25) is 0 Å². The third-order valence-corrected chi connectivity index (χ3v) is 6.51. The fourth-order valence-corrected chi connectivity index (χ4v) is 4.99. The lowest BCUT2D eigenvalue weighted by Gasteiger charge is -2.28. The predicted octanol–water partition coefficient (Wildman–Crippen LogP) is 4.88. The summed E-state index contributed by atoms with van der Waals surface area (Å²) in [6, 6.07) is 6.72. The molecule has 2 aliphatic heterocycles. The minimum atomic E-state index is -0.0622. The lowest BCUT2D eigenvalue weighted by molar-refractivity contribution is -0.0383. The molecule has 1 unspecified atom stereocenters. The van der Waals surface area contributed by atoms with Gasteiger partial charge in [0.25, 0.3) is 0 Å². The Morgan fingerprint density at radius 3 is 2.77 bits per heavy atom. The van der Waals surface area contributed by atoms with Gasteiger partial charge in [-0.3, -0.25) is 0 Å². The summed E-state index contributed by atoms with van der Waals surface area (Å²) in [6.45, 7) is 8.73. The van der Waals surface area contributed by atoms with E-state index in [1.54, 1.807) is 11.3 Å². The predicted molar refractivity (Wildman–Crippen MR) is 121 cm³/mol. The maximum atomic E-state index is 5.98. The third kappa shape index (κ3) is 4.04. The first-order valence-electron chi connectivity index (χ1n) is 10.7. The van der Waals surface area contributed by atoms with E-state index < -0.39 is 0 Å². The lowest BCUT2D eigenvalue weighted by atomic mass is 10.1. The number of nitrogens with zero attached hydrogens (tertiary/aromatic N) is 3. The molecular weight excluding hydrogens is 398 g/mol. The summed E-state index contributed by atoms with van der Waals surface area (Å²) >= 11 is 1.75. The number of rotatable bonds is 5. The number of fused-ring (bicyclic) bond motifs is 1. The van der Waals surface area contributed by atoms with Crippen molar-refractivity contribution < 1.29 is 9.47 Å². The zero-order valence-corrected chi connectivity index (χ0v) is 18.6. The normalized spacial score (nSPS) is 20.3. The van der Waals surface area contributed by atoms with Gasteiger partial charge in [0, 0.05) is 24.4 Å². The molecule has 5 heterocycles. The van der Waals surface area contributed by atoms with Gasteiger partial charge in [0.05, 0.1) is 45.7 Å². The quantitative estimate of drug-likeness (QED) is 0.605. The molecule has 1 atom stereocenters. The van der Waals surface area contributed by atoms with Crippen LogP contribution in [0.25, 0.3) is 20.8 Å². The van der Waals surface area contributed by atoms with E-state index in [1.165, 1.54) is 6.42 Å². The van der Waals surface area contributed by atoms with Crippen LogP contribution in [0.1, 0.15) is 46.3 Å². The van der Waals surface area contributed by atoms with E-state index in [-0.39, 0.29) is 11.8 Å². The summed E-state index contributed by atoms with van der Waals surface area (Å²) in [5, 5.41) is 11.7. The van der Waals surface area contributed by atoms with Gasteiger partial charge in [0.1, 0.15) is 5.82 Å². The van der Waals surface area contributed by atoms with Crippen molar-refractivity contribution in [2.45, 2.75) is 57.8 Å². The van der Waals surface area contributed by atoms with Gasteiger partial charge in [-0.15, -0.1) is 11.3 Å². The Bertz CT molecular complexity index is 1030. The first kappa shape index (κ1) is 19.8. The molecule has 0 radical (unpaired) electrons. The summed E-state index contributed by atoms with van der Waals surface area (Å²) in [6.07, 6.45) is 5.19. The van der Waals surface area contributed by atoms with Crippen molar-refractivity contribution in [1.29, 1.82) is 0 Å². The van der Waals surface area contributed by atoms with Crippen LogP contribution in [0.4, 0.5) is 11.5 Å². The molecule has 0 aliphatic carbocycles. The van der Waals surface area contributed by atoms with E-state index in [0.29, 0.717) is 6.04 Å². The van der Waals surface area contributed by atoms with Crippen LogP contribution in [-0.2, 0) is 9.47 Å². The molecule has 5 rings (SSSR count). The van der Waals surface area contributed by atoms with Crippen molar-refractivity contribution in [2.75, 3.05) is 30.5 Å². The van der Waals surface area contributed by atoms with Crippen LogP contribution in [0.15, 0.2) is 24.4 Å². The van der Waals surface area contributed by atoms with E-state index in [1.807, 2.05) is 10.9 Å². The van der Waals surface area contributed by atoms with Gasteiger partial charge in [0.15, 0.2) is 6.23 Å². The minimum absolute atomic E-state index is 0.0183. The van der Waals surface area contributed by atoms with Gasteiger partial charge in [-0.25, -0.2) is 9.67 Å². The van der Waals surface area contributed by atoms with E-state index in [9.17, 15) is 0 Å². The highest BCUT2D eigenvalue weighted by Gasteiger charge is 2.24. The second-order valence-electron chi connectivity index (χ2n) is 9.12. The van der Waals surface area contributed by atoms with Crippen LogP contribution < -0.4 is 10.6 Å². The Morgan fingerprint density at radius 2 is 2.07 bits per heavy atom. The molecule has 0 saturated carbocycles. The number of hydrogen-bond donors (Lipinski definition) is 2. The number of pyridine rings is 1. The van der Waals surface area contributed by atoms with Crippen LogP contribution in [0.3, 0.4) is 0 Å². The maximum Gasteiger partial charge on any atom is 0.150 e. The van der Waals surface area contributed by atoms with Crippen molar-refractivity contribution in [3.8, 4) is 10.6 Å². The molecule has 2 saturated heterocycles. The van der Waals surface area contributed by atoms with Gasteiger partial charge in [-0.1, -0.05) is 0 Å². The second kappa shape index (κ2) is 7.83. The Hall–Kier alpha value is -2.16. The van der Waals surface area contributed by atoms with Crippen LogP contribution in [0, 0.1) is 0 Å². The molecule has 8 heteroatoms. The van der Waals surface area contributed by atoms with Crippen molar-refractivity contribution in [3.05, 3.63) is 24.4 Å². The fraction of sp³-hybridized carbons (Fsp3) is 0.545. The number of thiophene rings is 1. The summed E-state index contributed by atoms with van der Waals surface area (Å²) in [7, 11) is 0. The molecule has 7 nitrogen and oxygen atoms in total. The Morgan fingerprint density at radius 1 is 1.20 bits per heavy atom. The standard InChI is InChI=1S/C22H29N5O2S/c1-22(2,3)26-19-11-16(24-14-12-28-13-14)21-15(25-19)10-18(30-21)17-7-8-23-27(17)20-6-4-5-9-29-20/h7-8,10-11,14,20H,4-6,9,12-13H2,1-3H3,(H2,24,25,26). The van der Waals surface area contributed by atoms with E-state index >= 15 is 0 Å². The van der Waals surface area contributed by atoms with Crippen molar-refractivity contribution in [1.82, 2.24) is 14.8 Å². The minimum Gasteiger partial charge on any atom is -0.377 e. The smallest absolute Gasteiger partial charge is 0.150 e. The average molecular weight is 428 g/mol. The Labute approximate surface area is 180 Å². The first-order chi connectivity index (χ1) is 14.5. The Balaban J connectivity index is 1.54. The highest BCUT2D eigenvalue weighted by Crippen LogP contribution is 2.40. The van der Waals surface area contributed by atoms with E-state index in [2.05, 4.69) is 54.7 Å². The monoisotopic (exact) mass is 427 g/mol. The van der Waals surface area contributed by atoms with Crippen molar-refractivity contribution >= 4 is 33.1 Å². The molecule has 2 fully saturated rings. The number of ether oxygens (including phenoxy) is 2. The molecule has 0 amide bonds. The SMILES string of the molecule is CC(C)(C)Nc1cc(NC2COC2)c2sc(-c3ccnn3C3CCCCO3)cc2n1. The molecule has 3 aromatic heterocycles. The number of nitrogens with one attached hydrogen (secondary N) is 2. The summed E-state index contributed by atoms with van der Waals surface area (Å²) in [4.78, 5) is 6.07. The molecule has 0 bridgehead atoms. The summed E-state index contributed by atoms with van der Waals surface area (Å²) in [5.41, 5.74) is 3.13. The topological polar surface area (TPSA) is 73.2 Å². The third-order valence-electron chi connectivity index (χ3n) is 5.33. The molecule has 0 aromatic carbocycles. The van der Waals surface area contributed by atoms with Gasteiger partial charge in [0.2, 0.25) is 0 Å². The van der Waals surface area contributed by atoms with Crippen LogP contribution in [0.5, 0.6) is 0 Å². The highest BCUT2D eigenvalue weighted by atomic mass is 32.1. The van der Waals surface area contributed by atoms with E-state index in [0.717, 1.165) is 65.0 Å². The molecule has 2 N–H and O–H groups in total. The largest absolute Gasteiger partial charge is 0.377 e. The maximum absolute atomic E-state index is 5.98. The Kier molecular flexibility index (Phi) is 5.16. The zero-order valence-electron chi connectivity index (χ0n) is 17.8. The fourth-order valence-electron chi connectivity index (χ4n) is 3.90. The number of aromatic nitrogens is 3. The molecule has 30 heavy (non-hydrogen) atoms. The number of hydrogen-bond acceptors (Lipinski definition) is 7. The highest BCUT2D eigenvalue weighted by molar-refractivity contribution is 7.22. The van der Waals surface area contributed by atoms with Crippen molar-refractivity contribution in [2.24, 2.45) is 0 Å². The average Bonchev–Trinajstić information content (AvgIpc) is 3.30. The summed E-state index contributed by atoms with van der Waals surface area (Å²) in [5.74, 6) is 0.881.